The van der Waals surface area contributed by atoms with Crippen molar-refractivity contribution in [3.05, 3.63) is 188 Å². The number of furan rings is 1. The molecule has 0 unspecified atom stereocenters. The molecule has 0 N–H and O–H groups in total. The number of fused-ring (bicyclic) bond motifs is 6. The zero-order valence-corrected chi connectivity index (χ0v) is 30.9. The second-order valence-corrected chi connectivity index (χ2v) is 15.0. The molecule has 0 aliphatic carbocycles. The Kier molecular flexibility index (Phi) is 7.64. The van der Waals surface area contributed by atoms with Crippen LogP contribution in [0, 0.1) is 0 Å². The second-order valence-electron chi connectivity index (χ2n) is 14.0. The van der Waals surface area contributed by atoms with Crippen LogP contribution in [0.1, 0.15) is 0 Å². The molecule has 0 spiro atoms. The summed E-state index contributed by atoms with van der Waals surface area (Å²) in [5, 5.41) is 4.49. The van der Waals surface area contributed by atoms with Crippen LogP contribution in [0.3, 0.4) is 0 Å². The SMILES string of the molecule is c1ccc(-c2ccc(-c3ccc4c(c3)oc3c(-c5nc(-c6ccccc6)nc(-c6cccc7c6sc6cc(-c8ccccc8)ccc67)n5)cccc34)cc2)cc1. The summed E-state index contributed by atoms with van der Waals surface area (Å²) in [7, 11) is 0. The molecule has 0 saturated heterocycles. The van der Waals surface area contributed by atoms with Gasteiger partial charge >= 0.3 is 0 Å². The molecule has 4 nitrogen and oxygen atoms in total. The number of hydrogen-bond acceptors (Lipinski definition) is 5. The highest BCUT2D eigenvalue weighted by molar-refractivity contribution is 7.26. The van der Waals surface area contributed by atoms with Gasteiger partial charge in [-0.15, -0.1) is 11.3 Å². The van der Waals surface area contributed by atoms with E-state index in [1.807, 2.05) is 42.5 Å². The summed E-state index contributed by atoms with van der Waals surface area (Å²) >= 11 is 1.78. The van der Waals surface area contributed by atoms with Gasteiger partial charge < -0.3 is 4.42 Å². The highest BCUT2D eigenvalue weighted by Gasteiger charge is 2.20. The third-order valence-electron chi connectivity index (χ3n) is 10.6. The Morgan fingerprint density at radius 3 is 1.54 bits per heavy atom. The van der Waals surface area contributed by atoms with E-state index < -0.39 is 0 Å². The lowest BCUT2D eigenvalue weighted by molar-refractivity contribution is 0.669. The Morgan fingerprint density at radius 2 is 0.839 bits per heavy atom. The van der Waals surface area contributed by atoms with Crippen LogP contribution in [0.4, 0.5) is 0 Å². The summed E-state index contributed by atoms with van der Waals surface area (Å²) in [4.78, 5) is 15.5. The van der Waals surface area contributed by atoms with Gasteiger partial charge in [0.2, 0.25) is 0 Å². The van der Waals surface area contributed by atoms with Crippen LogP contribution in [0.15, 0.2) is 192 Å². The molecule has 8 aromatic carbocycles. The molecule has 262 valence electrons. The van der Waals surface area contributed by atoms with Crippen molar-refractivity contribution >= 4 is 53.4 Å². The largest absolute Gasteiger partial charge is 0.455 e. The normalized spacial score (nSPS) is 11.6. The zero-order chi connectivity index (χ0) is 37.0. The third-order valence-corrected chi connectivity index (χ3v) is 11.8. The molecule has 56 heavy (non-hydrogen) atoms. The van der Waals surface area contributed by atoms with E-state index in [0.29, 0.717) is 17.5 Å². The molecular formula is C51H31N3OS. The average Bonchev–Trinajstić information content (AvgIpc) is 3.85. The van der Waals surface area contributed by atoms with E-state index in [0.717, 1.165) is 54.5 Å². The maximum Gasteiger partial charge on any atom is 0.167 e. The van der Waals surface area contributed by atoms with Crippen LogP contribution in [-0.4, -0.2) is 15.0 Å². The number of aromatic nitrogens is 3. The van der Waals surface area contributed by atoms with Crippen LogP contribution < -0.4 is 0 Å². The Bertz CT molecular complexity index is 3230. The number of hydrogen-bond donors (Lipinski definition) is 0. The van der Waals surface area contributed by atoms with Crippen LogP contribution in [0.25, 0.3) is 110 Å². The number of nitrogens with zero attached hydrogens (tertiary/aromatic N) is 3. The van der Waals surface area contributed by atoms with Crippen molar-refractivity contribution in [2.45, 2.75) is 0 Å². The lowest BCUT2D eigenvalue weighted by atomic mass is 9.99. The molecule has 11 rings (SSSR count). The van der Waals surface area contributed by atoms with Crippen LogP contribution in [-0.2, 0) is 0 Å². The fraction of sp³-hybridized carbons (Fsp3) is 0. The van der Waals surface area contributed by atoms with Gasteiger partial charge in [-0.05, 0) is 63.7 Å². The Morgan fingerprint density at radius 1 is 0.339 bits per heavy atom. The lowest BCUT2D eigenvalue weighted by Crippen LogP contribution is -2.00. The smallest absolute Gasteiger partial charge is 0.167 e. The summed E-state index contributed by atoms with van der Waals surface area (Å²) in [5.41, 5.74) is 11.3. The Balaban J connectivity index is 1.05. The van der Waals surface area contributed by atoms with Gasteiger partial charge in [-0.2, -0.15) is 0 Å². The van der Waals surface area contributed by atoms with E-state index in [1.54, 1.807) is 11.3 Å². The Labute approximate surface area is 327 Å². The zero-order valence-electron chi connectivity index (χ0n) is 30.1. The molecule has 0 aliphatic heterocycles. The summed E-state index contributed by atoms with van der Waals surface area (Å²) in [6.07, 6.45) is 0. The molecule has 0 fully saturated rings. The minimum absolute atomic E-state index is 0.569. The van der Waals surface area contributed by atoms with Crippen LogP contribution in [0.5, 0.6) is 0 Å². The van der Waals surface area contributed by atoms with Gasteiger partial charge in [0.05, 0.1) is 5.56 Å². The highest BCUT2D eigenvalue weighted by Crippen LogP contribution is 2.42. The summed E-state index contributed by atoms with van der Waals surface area (Å²) < 4.78 is 9.12. The molecule has 0 aliphatic rings. The van der Waals surface area contributed by atoms with Gasteiger partial charge in [0.1, 0.15) is 11.2 Å². The first-order valence-electron chi connectivity index (χ1n) is 18.7. The molecule has 0 bridgehead atoms. The first kappa shape index (κ1) is 32.2. The predicted octanol–water partition coefficient (Wildman–Crippen LogP) is 14.1. The maximum absolute atomic E-state index is 6.74. The molecule has 0 saturated carbocycles. The monoisotopic (exact) mass is 733 g/mol. The van der Waals surface area contributed by atoms with Gasteiger partial charge in [-0.25, -0.2) is 15.0 Å². The standard InChI is InChI=1S/C51H31N3OS/c1-4-12-32(13-5-1)34-22-24-35(25-23-34)37-26-28-39-41-18-10-20-43(47(41)55-45(39)30-37)50-52-49(36-16-8-3-9-17-36)53-51(54-50)44-21-11-19-42-40-29-27-38(31-46(40)56-48(42)44)33-14-6-2-7-15-33/h1-31H. The van der Waals surface area contributed by atoms with E-state index >= 15 is 0 Å². The molecule has 11 aromatic rings. The van der Waals surface area contributed by atoms with Gasteiger partial charge in [-0.3, -0.25) is 0 Å². The van der Waals surface area contributed by atoms with Crippen molar-refractivity contribution in [1.82, 2.24) is 15.0 Å². The topological polar surface area (TPSA) is 51.8 Å². The molecule has 3 heterocycles. The maximum atomic E-state index is 6.74. The summed E-state index contributed by atoms with van der Waals surface area (Å²) in [6.45, 7) is 0. The van der Waals surface area contributed by atoms with Gasteiger partial charge in [-0.1, -0.05) is 158 Å². The first-order chi connectivity index (χ1) is 27.7. The summed E-state index contributed by atoms with van der Waals surface area (Å²) in [5.74, 6) is 1.81. The van der Waals surface area contributed by atoms with Crippen molar-refractivity contribution in [1.29, 1.82) is 0 Å². The van der Waals surface area contributed by atoms with E-state index in [9.17, 15) is 0 Å². The molecule has 0 radical (unpaired) electrons. The average molecular weight is 734 g/mol. The third kappa shape index (κ3) is 5.56. The lowest BCUT2D eigenvalue weighted by Gasteiger charge is -2.09. The van der Waals surface area contributed by atoms with Crippen molar-refractivity contribution in [3.8, 4) is 67.5 Å². The van der Waals surface area contributed by atoms with Crippen LogP contribution in [0.2, 0.25) is 0 Å². The molecule has 0 amide bonds. The number of rotatable bonds is 6. The fourth-order valence-corrected chi connectivity index (χ4v) is 9.01. The molecule has 0 atom stereocenters. The second kappa shape index (κ2) is 13.3. The fourth-order valence-electron chi connectivity index (χ4n) is 7.76. The van der Waals surface area contributed by atoms with E-state index in [-0.39, 0.29) is 0 Å². The Hall–Kier alpha value is -7.21. The van der Waals surface area contributed by atoms with Crippen molar-refractivity contribution in [2.75, 3.05) is 0 Å². The van der Waals surface area contributed by atoms with Crippen molar-refractivity contribution in [3.63, 3.8) is 0 Å². The number of para-hydroxylation sites is 1. The van der Waals surface area contributed by atoms with Gasteiger partial charge in [0.15, 0.2) is 17.5 Å². The van der Waals surface area contributed by atoms with E-state index in [4.69, 9.17) is 19.4 Å². The number of benzene rings is 8. The van der Waals surface area contributed by atoms with E-state index in [1.165, 1.54) is 37.7 Å². The van der Waals surface area contributed by atoms with Crippen molar-refractivity contribution < 1.29 is 4.42 Å². The quantitative estimate of drug-likeness (QED) is 0.171. The first-order valence-corrected chi connectivity index (χ1v) is 19.5. The highest BCUT2D eigenvalue weighted by atomic mass is 32.1. The predicted molar refractivity (Wildman–Crippen MR) is 233 cm³/mol. The van der Waals surface area contributed by atoms with Crippen LogP contribution >= 0.6 is 11.3 Å². The van der Waals surface area contributed by atoms with E-state index in [2.05, 4.69) is 146 Å². The van der Waals surface area contributed by atoms with Gasteiger partial charge in [0, 0.05) is 42.1 Å². The molecular weight excluding hydrogens is 703 g/mol. The summed E-state index contributed by atoms with van der Waals surface area (Å²) in [6, 6.07) is 65.7. The molecule has 3 aromatic heterocycles. The van der Waals surface area contributed by atoms with Gasteiger partial charge in [0.25, 0.3) is 0 Å². The van der Waals surface area contributed by atoms with Crippen molar-refractivity contribution in [2.24, 2.45) is 0 Å². The minimum Gasteiger partial charge on any atom is -0.455 e. The minimum atomic E-state index is 0.569. The molecule has 5 heteroatoms. The number of thiophene rings is 1.